The standard InChI is InChI=1S/C21H18IN3O3/c1-13-4-5-17(8-14(13)2)25-21(26)16(12-24)9-15-10-18(22)20(28-7-6-23)19(11-15)27-3/h4-5,8-11H,7H2,1-3H3,(H,25,26)/b16-9+. The van der Waals surface area contributed by atoms with E-state index in [0.717, 1.165) is 11.1 Å². The SMILES string of the molecule is COc1cc(/C=C(\C#N)C(=O)Nc2ccc(C)c(C)c2)cc(I)c1OCC#N. The van der Waals surface area contributed by atoms with Gasteiger partial charge in [-0.1, -0.05) is 6.07 Å². The minimum atomic E-state index is -0.496. The largest absolute Gasteiger partial charge is 0.493 e. The molecule has 2 aromatic carbocycles. The number of nitriles is 2. The third-order valence-corrected chi connectivity index (χ3v) is 4.77. The van der Waals surface area contributed by atoms with Gasteiger partial charge in [0, 0.05) is 5.69 Å². The molecule has 142 valence electrons. The van der Waals surface area contributed by atoms with E-state index >= 15 is 0 Å². The number of nitrogens with zero attached hydrogens (tertiary/aromatic N) is 2. The molecule has 0 heterocycles. The fourth-order valence-corrected chi connectivity index (χ4v) is 3.18. The van der Waals surface area contributed by atoms with Gasteiger partial charge in [0.15, 0.2) is 18.1 Å². The molecule has 28 heavy (non-hydrogen) atoms. The molecule has 6 nitrogen and oxygen atoms in total. The molecule has 0 atom stereocenters. The zero-order valence-electron chi connectivity index (χ0n) is 15.7. The first-order chi connectivity index (χ1) is 13.4. The van der Waals surface area contributed by atoms with Crippen molar-refractivity contribution in [3.05, 3.63) is 56.2 Å². The summed E-state index contributed by atoms with van der Waals surface area (Å²) < 4.78 is 11.4. The second-order valence-corrected chi connectivity index (χ2v) is 7.07. The molecular weight excluding hydrogens is 469 g/mol. The predicted octanol–water partition coefficient (Wildman–Crippen LogP) is 4.36. The number of benzene rings is 2. The van der Waals surface area contributed by atoms with E-state index in [0.29, 0.717) is 26.3 Å². The molecule has 1 amide bonds. The molecule has 0 saturated carbocycles. The number of hydrogen-bond acceptors (Lipinski definition) is 5. The number of halogens is 1. The lowest BCUT2D eigenvalue weighted by atomic mass is 10.1. The van der Waals surface area contributed by atoms with Crippen LogP contribution >= 0.6 is 22.6 Å². The summed E-state index contributed by atoms with van der Waals surface area (Å²) in [5, 5.41) is 20.9. The fraction of sp³-hybridized carbons (Fsp3) is 0.190. The highest BCUT2D eigenvalue weighted by molar-refractivity contribution is 14.1. The van der Waals surface area contributed by atoms with E-state index in [2.05, 4.69) is 5.32 Å². The van der Waals surface area contributed by atoms with Gasteiger partial charge in [0.25, 0.3) is 5.91 Å². The number of carbonyl (C=O) groups is 1. The topological polar surface area (TPSA) is 95.1 Å². The van der Waals surface area contributed by atoms with Crippen LogP contribution in [-0.2, 0) is 4.79 Å². The summed E-state index contributed by atoms with van der Waals surface area (Å²) in [5.41, 5.74) is 3.36. The van der Waals surface area contributed by atoms with Crippen LogP contribution in [0.2, 0.25) is 0 Å². The van der Waals surface area contributed by atoms with Crippen molar-refractivity contribution in [2.45, 2.75) is 13.8 Å². The zero-order chi connectivity index (χ0) is 20.7. The molecule has 0 radical (unpaired) electrons. The first-order valence-electron chi connectivity index (χ1n) is 8.27. The van der Waals surface area contributed by atoms with Crippen LogP contribution in [0.1, 0.15) is 16.7 Å². The Kier molecular flexibility index (Phi) is 7.42. The Morgan fingerprint density at radius 3 is 2.57 bits per heavy atom. The Morgan fingerprint density at radius 1 is 1.21 bits per heavy atom. The molecule has 7 heteroatoms. The monoisotopic (exact) mass is 487 g/mol. The van der Waals surface area contributed by atoms with E-state index in [1.165, 1.54) is 13.2 Å². The number of nitrogens with one attached hydrogen (secondary N) is 1. The van der Waals surface area contributed by atoms with E-state index < -0.39 is 5.91 Å². The van der Waals surface area contributed by atoms with Crippen LogP contribution in [-0.4, -0.2) is 19.6 Å². The average Bonchev–Trinajstić information content (AvgIpc) is 2.67. The normalized spacial score (nSPS) is 10.6. The Labute approximate surface area is 177 Å². The number of ether oxygens (including phenoxy) is 2. The predicted molar refractivity (Wildman–Crippen MR) is 115 cm³/mol. The molecule has 2 aromatic rings. The van der Waals surface area contributed by atoms with E-state index in [4.69, 9.17) is 14.7 Å². The Hall–Kier alpha value is -3.04. The lowest BCUT2D eigenvalue weighted by Crippen LogP contribution is -2.13. The van der Waals surface area contributed by atoms with E-state index in [1.54, 1.807) is 18.2 Å². The van der Waals surface area contributed by atoms with Gasteiger partial charge in [-0.25, -0.2) is 0 Å². The minimum absolute atomic E-state index is 0.0400. The van der Waals surface area contributed by atoms with Gasteiger partial charge in [-0.2, -0.15) is 10.5 Å². The molecule has 0 spiro atoms. The number of aryl methyl sites for hydroxylation is 2. The molecule has 1 N–H and O–H groups in total. The quantitative estimate of drug-likeness (QED) is 0.371. The van der Waals surface area contributed by atoms with Crippen LogP contribution < -0.4 is 14.8 Å². The van der Waals surface area contributed by atoms with Crippen molar-refractivity contribution in [3.63, 3.8) is 0 Å². The van der Waals surface area contributed by atoms with Gasteiger partial charge in [-0.15, -0.1) is 0 Å². The molecule has 0 aliphatic heterocycles. The van der Waals surface area contributed by atoms with Gasteiger partial charge < -0.3 is 14.8 Å². The van der Waals surface area contributed by atoms with Crippen molar-refractivity contribution in [2.24, 2.45) is 0 Å². The lowest BCUT2D eigenvalue weighted by molar-refractivity contribution is -0.112. The molecule has 0 bridgehead atoms. The molecule has 0 aromatic heterocycles. The number of hydrogen-bond donors (Lipinski definition) is 1. The Morgan fingerprint density at radius 2 is 1.96 bits per heavy atom. The highest BCUT2D eigenvalue weighted by atomic mass is 127. The lowest BCUT2D eigenvalue weighted by Gasteiger charge is -2.12. The van der Waals surface area contributed by atoms with Gasteiger partial charge in [-0.3, -0.25) is 4.79 Å². The first-order valence-corrected chi connectivity index (χ1v) is 9.35. The van der Waals surface area contributed by atoms with E-state index in [9.17, 15) is 10.1 Å². The summed E-state index contributed by atoms with van der Waals surface area (Å²) in [6.07, 6.45) is 1.48. The summed E-state index contributed by atoms with van der Waals surface area (Å²) in [6, 6.07) is 12.8. The fourth-order valence-electron chi connectivity index (χ4n) is 2.40. The van der Waals surface area contributed by atoms with Crippen LogP contribution in [0.25, 0.3) is 6.08 Å². The maximum absolute atomic E-state index is 12.5. The van der Waals surface area contributed by atoms with Crippen LogP contribution in [0.15, 0.2) is 35.9 Å². The van der Waals surface area contributed by atoms with E-state index in [-0.39, 0.29) is 12.2 Å². The summed E-state index contributed by atoms with van der Waals surface area (Å²) in [5.74, 6) is 0.365. The van der Waals surface area contributed by atoms with Crippen molar-refractivity contribution in [1.82, 2.24) is 0 Å². The summed E-state index contributed by atoms with van der Waals surface area (Å²) in [6.45, 7) is 3.83. The summed E-state index contributed by atoms with van der Waals surface area (Å²) >= 11 is 2.05. The van der Waals surface area contributed by atoms with Gasteiger partial charge in [-0.05, 0) is 83.5 Å². The van der Waals surface area contributed by atoms with E-state index in [1.807, 2.05) is 60.7 Å². The van der Waals surface area contributed by atoms with Gasteiger partial charge in [0.05, 0.1) is 10.7 Å². The number of carbonyl (C=O) groups excluding carboxylic acids is 1. The highest BCUT2D eigenvalue weighted by Gasteiger charge is 2.14. The average molecular weight is 487 g/mol. The number of rotatable bonds is 6. The molecule has 0 saturated heterocycles. The van der Waals surface area contributed by atoms with Crippen LogP contribution in [0.4, 0.5) is 5.69 Å². The number of amides is 1. The van der Waals surface area contributed by atoms with Gasteiger partial charge in [0.2, 0.25) is 0 Å². The second kappa shape index (κ2) is 9.77. The maximum atomic E-state index is 12.5. The number of methoxy groups -OCH3 is 1. The molecule has 0 unspecified atom stereocenters. The molecule has 0 aliphatic carbocycles. The number of anilines is 1. The van der Waals surface area contributed by atoms with Crippen molar-refractivity contribution >= 4 is 40.3 Å². The van der Waals surface area contributed by atoms with Gasteiger partial charge in [0.1, 0.15) is 17.7 Å². The Balaban J connectivity index is 2.31. The van der Waals surface area contributed by atoms with Gasteiger partial charge >= 0.3 is 0 Å². The summed E-state index contributed by atoms with van der Waals surface area (Å²) in [7, 11) is 1.48. The van der Waals surface area contributed by atoms with Crippen molar-refractivity contribution in [3.8, 4) is 23.6 Å². The highest BCUT2D eigenvalue weighted by Crippen LogP contribution is 2.34. The maximum Gasteiger partial charge on any atom is 0.266 e. The molecular formula is C21H18IN3O3. The third kappa shape index (κ3) is 5.24. The van der Waals surface area contributed by atoms with Crippen LogP contribution in [0.5, 0.6) is 11.5 Å². The third-order valence-electron chi connectivity index (χ3n) is 3.97. The molecule has 2 rings (SSSR count). The van der Waals surface area contributed by atoms with Crippen molar-refractivity contribution in [1.29, 1.82) is 10.5 Å². The first kappa shape index (κ1) is 21.3. The van der Waals surface area contributed by atoms with Crippen molar-refractivity contribution < 1.29 is 14.3 Å². The Bertz CT molecular complexity index is 1020. The zero-order valence-corrected chi connectivity index (χ0v) is 17.8. The van der Waals surface area contributed by atoms with Crippen LogP contribution in [0, 0.1) is 40.1 Å². The second-order valence-electron chi connectivity index (χ2n) is 5.90. The van der Waals surface area contributed by atoms with Crippen molar-refractivity contribution in [2.75, 3.05) is 19.0 Å². The smallest absolute Gasteiger partial charge is 0.266 e. The molecule has 0 aliphatic rings. The molecule has 0 fully saturated rings. The minimum Gasteiger partial charge on any atom is -0.493 e. The summed E-state index contributed by atoms with van der Waals surface area (Å²) in [4.78, 5) is 12.5. The van der Waals surface area contributed by atoms with Crippen LogP contribution in [0.3, 0.4) is 0 Å².